The molecule has 5 nitrogen and oxygen atoms in total. The van der Waals surface area contributed by atoms with Crippen molar-refractivity contribution in [1.29, 1.82) is 0 Å². The second-order valence-electron chi connectivity index (χ2n) is 7.01. The van der Waals surface area contributed by atoms with E-state index in [1.807, 2.05) is 42.8 Å². The van der Waals surface area contributed by atoms with Crippen LogP contribution in [0.4, 0.5) is 5.69 Å². The predicted octanol–water partition coefficient (Wildman–Crippen LogP) is 4.78. The first-order chi connectivity index (χ1) is 13.5. The summed E-state index contributed by atoms with van der Waals surface area (Å²) in [7, 11) is 1.97. The van der Waals surface area contributed by atoms with Crippen LogP contribution in [0, 0.1) is 6.92 Å². The molecule has 1 aromatic heterocycles. The third-order valence-electron chi connectivity index (χ3n) is 5.09. The Bertz CT molecular complexity index is 1000. The van der Waals surface area contributed by atoms with Gasteiger partial charge in [0.25, 0.3) is 0 Å². The smallest absolute Gasteiger partial charge is 0.234 e. The van der Waals surface area contributed by atoms with Gasteiger partial charge >= 0.3 is 0 Å². The number of nitrogens with zero attached hydrogens (tertiary/aromatic N) is 3. The summed E-state index contributed by atoms with van der Waals surface area (Å²) in [5.74, 6) is 2.08. The maximum absolute atomic E-state index is 12.3. The maximum atomic E-state index is 12.3. The van der Waals surface area contributed by atoms with Crippen LogP contribution in [0.3, 0.4) is 0 Å². The molecule has 7 heteroatoms. The van der Waals surface area contributed by atoms with Crippen LogP contribution in [0.15, 0.2) is 53.7 Å². The van der Waals surface area contributed by atoms with E-state index in [1.165, 1.54) is 17.3 Å². The summed E-state index contributed by atoms with van der Waals surface area (Å²) in [5.41, 5.74) is 2.95. The number of rotatable bonds is 6. The first-order valence-electron chi connectivity index (χ1n) is 9.16. The van der Waals surface area contributed by atoms with E-state index in [1.54, 1.807) is 0 Å². The normalized spacial score (nSPS) is 18.1. The van der Waals surface area contributed by atoms with Crippen LogP contribution < -0.4 is 5.32 Å². The van der Waals surface area contributed by atoms with Crippen molar-refractivity contribution in [2.24, 2.45) is 7.05 Å². The van der Waals surface area contributed by atoms with Crippen molar-refractivity contribution in [3.05, 3.63) is 70.5 Å². The number of aromatic nitrogens is 3. The maximum Gasteiger partial charge on any atom is 0.234 e. The summed E-state index contributed by atoms with van der Waals surface area (Å²) in [6, 6.07) is 16.0. The van der Waals surface area contributed by atoms with Crippen LogP contribution in [0.5, 0.6) is 0 Å². The number of carbonyl (C=O) groups excluding carboxylic acids is 1. The number of hydrogen-bond donors (Lipinski definition) is 1. The lowest BCUT2D eigenvalue weighted by atomic mass is 10.1. The zero-order valence-electron chi connectivity index (χ0n) is 15.7. The monoisotopic (exact) mass is 412 g/mol. The van der Waals surface area contributed by atoms with Gasteiger partial charge in [-0.05, 0) is 42.5 Å². The zero-order chi connectivity index (χ0) is 19.7. The summed E-state index contributed by atoms with van der Waals surface area (Å²) < 4.78 is 2.01. The minimum Gasteiger partial charge on any atom is -0.325 e. The molecule has 28 heavy (non-hydrogen) atoms. The van der Waals surface area contributed by atoms with Crippen LogP contribution >= 0.6 is 23.4 Å². The number of amides is 1. The molecule has 2 aromatic carbocycles. The number of halogens is 1. The van der Waals surface area contributed by atoms with Gasteiger partial charge in [0.15, 0.2) is 5.16 Å². The van der Waals surface area contributed by atoms with E-state index < -0.39 is 0 Å². The Balaban J connectivity index is 1.36. The molecule has 0 aliphatic heterocycles. The predicted molar refractivity (Wildman–Crippen MR) is 113 cm³/mol. The van der Waals surface area contributed by atoms with Crippen LogP contribution in [-0.4, -0.2) is 26.4 Å². The number of hydrogen-bond acceptors (Lipinski definition) is 4. The molecule has 0 spiro atoms. The Morgan fingerprint density at radius 2 is 1.96 bits per heavy atom. The number of nitrogens with one attached hydrogen (secondary N) is 1. The highest BCUT2D eigenvalue weighted by Gasteiger charge is 2.42. The van der Waals surface area contributed by atoms with Crippen LogP contribution in [0.2, 0.25) is 5.02 Å². The first-order valence-corrected chi connectivity index (χ1v) is 10.5. The molecule has 4 rings (SSSR count). The quantitative estimate of drug-likeness (QED) is 0.592. The molecule has 0 radical (unpaired) electrons. The minimum atomic E-state index is -0.0894. The summed E-state index contributed by atoms with van der Waals surface area (Å²) in [4.78, 5) is 12.3. The van der Waals surface area contributed by atoms with Crippen LogP contribution in [0.25, 0.3) is 0 Å². The van der Waals surface area contributed by atoms with Gasteiger partial charge in [-0.2, -0.15) is 0 Å². The molecule has 3 aromatic rings. The topological polar surface area (TPSA) is 59.8 Å². The molecule has 1 amide bonds. The van der Waals surface area contributed by atoms with Gasteiger partial charge in [0.05, 0.1) is 5.75 Å². The highest BCUT2D eigenvalue weighted by Crippen LogP contribution is 2.54. The first kappa shape index (κ1) is 19.0. The van der Waals surface area contributed by atoms with E-state index in [9.17, 15) is 4.79 Å². The van der Waals surface area contributed by atoms with Crippen molar-refractivity contribution in [3.63, 3.8) is 0 Å². The fourth-order valence-electron chi connectivity index (χ4n) is 3.38. The Morgan fingerprint density at radius 1 is 1.18 bits per heavy atom. The third kappa shape index (κ3) is 3.93. The Kier molecular flexibility index (Phi) is 5.42. The van der Waals surface area contributed by atoms with E-state index in [0.717, 1.165) is 28.7 Å². The molecule has 144 valence electrons. The average Bonchev–Trinajstić information content (AvgIpc) is 3.41. The highest BCUT2D eigenvalue weighted by atomic mass is 35.5. The van der Waals surface area contributed by atoms with Gasteiger partial charge in [-0.1, -0.05) is 59.8 Å². The number of thioether (sulfide) groups is 1. The second-order valence-corrected chi connectivity index (χ2v) is 8.36. The Hall–Kier alpha value is -2.31. The SMILES string of the molecule is Cc1c(Cl)cccc1NC(=O)CSc1nnc(C2CC2c2ccccc2)n1C. The second kappa shape index (κ2) is 7.97. The fraction of sp³-hybridized carbons (Fsp3) is 0.286. The summed E-state index contributed by atoms with van der Waals surface area (Å²) in [5, 5.41) is 13.0. The van der Waals surface area contributed by atoms with E-state index in [4.69, 9.17) is 11.6 Å². The lowest BCUT2D eigenvalue weighted by molar-refractivity contribution is -0.113. The van der Waals surface area contributed by atoms with E-state index in [-0.39, 0.29) is 11.7 Å². The Morgan fingerprint density at radius 3 is 2.75 bits per heavy atom. The molecule has 1 aliphatic carbocycles. The number of carbonyl (C=O) groups is 1. The third-order valence-corrected chi connectivity index (χ3v) is 6.52. The van der Waals surface area contributed by atoms with Crippen molar-refractivity contribution in [3.8, 4) is 0 Å². The largest absolute Gasteiger partial charge is 0.325 e. The summed E-state index contributed by atoms with van der Waals surface area (Å²) in [6.45, 7) is 1.89. The molecule has 2 atom stereocenters. The van der Waals surface area contributed by atoms with Crippen molar-refractivity contribution < 1.29 is 4.79 Å². The molecule has 2 unspecified atom stereocenters. The van der Waals surface area contributed by atoms with Crippen molar-refractivity contribution in [2.75, 3.05) is 11.1 Å². The van der Waals surface area contributed by atoms with Gasteiger partial charge in [-0.25, -0.2) is 0 Å². The fourth-order valence-corrected chi connectivity index (χ4v) is 4.28. The molecule has 1 fully saturated rings. The van der Waals surface area contributed by atoms with Gasteiger partial charge < -0.3 is 9.88 Å². The molecule has 1 heterocycles. The van der Waals surface area contributed by atoms with Crippen LogP contribution in [0.1, 0.15) is 35.2 Å². The van der Waals surface area contributed by atoms with Crippen LogP contribution in [-0.2, 0) is 11.8 Å². The summed E-state index contributed by atoms with van der Waals surface area (Å²) >= 11 is 7.50. The molecule has 1 saturated carbocycles. The summed E-state index contributed by atoms with van der Waals surface area (Å²) in [6.07, 6.45) is 1.09. The number of anilines is 1. The van der Waals surface area contributed by atoms with Gasteiger partial charge in [0.2, 0.25) is 5.91 Å². The van der Waals surface area contributed by atoms with E-state index in [2.05, 4.69) is 39.8 Å². The van der Waals surface area contributed by atoms with Gasteiger partial charge in [0.1, 0.15) is 5.82 Å². The molecule has 0 bridgehead atoms. The van der Waals surface area contributed by atoms with Crippen molar-refractivity contribution in [2.45, 2.75) is 30.3 Å². The van der Waals surface area contributed by atoms with Gasteiger partial charge in [0, 0.05) is 23.7 Å². The average molecular weight is 413 g/mol. The zero-order valence-corrected chi connectivity index (χ0v) is 17.3. The van der Waals surface area contributed by atoms with Crippen molar-refractivity contribution >= 4 is 35.0 Å². The van der Waals surface area contributed by atoms with E-state index >= 15 is 0 Å². The highest BCUT2D eigenvalue weighted by molar-refractivity contribution is 7.99. The molecular formula is C21H21ClN4OS. The molecule has 1 N–H and O–H groups in total. The van der Waals surface area contributed by atoms with Crippen molar-refractivity contribution in [1.82, 2.24) is 14.8 Å². The molecule has 1 aliphatic rings. The lowest BCUT2D eigenvalue weighted by Gasteiger charge is -2.09. The molecule has 0 saturated heterocycles. The lowest BCUT2D eigenvalue weighted by Crippen LogP contribution is -2.15. The minimum absolute atomic E-state index is 0.0894. The number of benzene rings is 2. The Labute approximate surface area is 173 Å². The standard InChI is InChI=1S/C21H21ClN4OS/c1-13-17(22)9-6-10-18(13)23-19(27)12-28-21-25-24-20(26(21)2)16-11-15(16)14-7-4-3-5-8-14/h3-10,15-16H,11-12H2,1-2H3,(H,23,27). The van der Waals surface area contributed by atoms with Gasteiger partial charge in [-0.15, -0.1) is 10.2 Å². The van der Waals surface area contributed by atoms with E-state index in [0.29, 0.717) is 16.9 Å². The molecular weight excluding hydrogens is 392 g/mol. The van der Waals surface area contributed by atoms with Gasteiger partial charge in [-0.3, -0.25) is 4.79 Å².